The number of sulfone groups is 1. The van der Waals surface area contributed by atoms with Crippen molar-refractivity contribution in [2.45, 2.75) is 19.1 Å². The SMILES string of the molecule is O=C1O[C@@H](Cn2nnc(Br)c2F)CN1c1ccc(C2=CCS(=O)(=O)CC2)c(F)c1. The lowest BCUT2D eigenvalue weighted by atomic mass is 10.0. The number of halogens is 3. The van der Waals surface area contributed by atoms with Crippen LogP contribution in [0, 0.1) is 11.8 Å². The van der Waals surface area contributed by atoms with Gasteiger partial charge < -0.3 is 4.74 Å². The molecule has 0 unspecified atom stereocenters. The molecule has 0 aliphatic carbocycles. The third-order valence-corrected chi connectivity index (χ3v) is 6.75. The van der Waals surface area contributed by atoms with Gasteiger partial charge in [-0.2, -0.15) is 4.39 Å². The van der Waals surface area contributed by atoms with Gasteiger partial charge in [-0.15, -0.1) is 5.10 Å². The minimum atomic E-state index is -3.11. The van der Waals surface area contributed by atoms with Gasteiger partial charge in [0.15, 0.2) is 14.4 Å². The minimum Gasteiger partial charge on any atom is -0.442 e. The number of hydrogen-bond acceptors (Lipinski definition) is 6. The summed E-state index contributed by atoms with van der Waals surface area (Å²) in [6.45, 7) is 0.0596. The molecule has 12 heteroatoms. The van der Waals surface area contributed by atoms with Crippen LogP contribution in [0.25, 0.3) is 5.57 Å². The summed E-state index contributed by atoms with van der Waals surface area (Å²) in [6.07, 6.45) is 0.400. The number of nitrogens with zero attached hydrogens (tertiary/aromatic N) is 4. The number of hydrogen-bond donors (Lipinski definition) is 0. The predicted molar refractivity (Wildman–Crippen MR) is 103 cm³/mol. The molecule has 0 saturated carbocycles. The number of aromatic nitrogens is 3. The van der Waals surface area contributed by atoms with E-state index in [2.05, 4.69) is 26.2 Å². The first-order valence-corrected chi connectivity index (χ1v) is 11.3. The van der Waals surface area contributed by atoms with Gasteiger partial charge in [0.25, 0.3) is 0 Å². The van der Waals surface area contributed by atoms with Crippen LogP contribution < -0.4 is 4.90 Å². The van der Waals surface area contributed by atoms with Gasteiger partial charge in [-0.25, -0.2) is 22.3 Å². The maximum absolute atomic E-state index is 14.7. The van der Waals surface area contributed by atoms with E-state index in [1.165, 1.54) is 23.1 Å². The van der Waals surface area contributed by atoms with Crippen LogP contribution in [-0.2, 0) is 21.1 Å². The lowest BCUT2D eigenvalue weighted by Gasteiger charge is -2.17. The van der Waals surface area contributed by atoms with E-state index in [1.54, 1.807) is 6.07 Å². The van der Waals surface area contributed by atoms with E-state index in [0.29, 0.717) is 16.8 Å². The topological polar surface area (TPSA) is 94.4 Å². The average molecular weight is 489 g/mol. The second-order valence-corrected chi connectivity index (χ2v) is 9.71. The first-order valence-electron chi connectivity index (χ1n) is 8.65. The van der Waals surface area contributed by atoms with Gasteiger partial charge in [0.2, 0.25) is 5.95 Å². The Morgan fingerprint density at radius 2 is 2.10 bits per heavy atom. The van der Waals surface area contributed by atoms with E-state index < -0.39 is 33.8 Å². The number of carbonyl (C=O) groups is 1. The van der Waals surface area contributed by atoms with Gasteiger partial charge in [0.1, 0.15) is 11.9 Å². The number of carbonyl (C=O) groups excluding carboxylic acids is 1. The van der Waals surface area contributed by atoms with Gasteiger partial charge in [-0.1, -0.05) is 11.3 Å². The molecule has 4 rings (SSSR count). The Morgan fingerprint density at radius 3 is 2.72 bits per heavy atom. The quantitative estimate of drug-likeness (QED) is 0.656. The Balaban J connectivity index is 1.50. The highest BCUT2D eigenvalue weighted by atomic mass is 79.9. The van der Waals surface area contributed by atoms with Crippen LogP contribution >= 0.6 is 15.9 Å². The molecule has 8 nitrogen and oxygen atoms in total. The number of amides is 1. The number of anilines is 1. The molecule has 1 amide bonds. The maximum Gasteiger partial charge on any atom is 0.414 e. The van der Waals surface area contributed by atoms with E-state index in [9.17, 15) is 22.0 Å². The molecule has 1 fully saturated rings. The molecule has 0 bridgehead atoms. The second kappa shape index (κ2) is 7.48. The molecule has 3 heterocycles. The maximum atomic E-state index is 14.7. The standard InChI is InChI=1S/C17H15BrF2N4O4S/c18-15-16(20)24(22-21-15)9-12-8-23(17(25)28-12)11-1-2-13(14(19)7-11)10-3-5-29(26,27)6-4-10/h1-3,7,12H,4-6,8-9H2/t12-/m1/s1. The zero-order chi connectivity index (χ0) is 20.8. The van der Waals surface area contributed by atoms with Gasteiger partial charge in [0.05, 0.1) is 30.3 Å². The fourth-order valence-electron chi connectivity index (χ4n) is 3.27. The van der Waals surface area contributed by atoms with Crippen LogP contribution in [0.1, 0.15) is 12.0 Å². The van der Waals surface area contributed by atoms with Crippen molar-refractivity contribution < 1.29 is 26.7 Å². The highest BCUT2D eigenvalue weighted by molar-refractivity contribution is 9.10. The predicted octanol–water partition coefficient (Wildman–Crippen LogP) is 2.55. The normalized spacial score (nSPS) is 21.2. The molecular formula is C17H15BrF2N4O4S. The molecule has 0 radical (unpaired) electrons. The summed E-state index contributed by atoms with van der Waals surface area (Å²) in [5.74, 6) is -1.37. The molecule has 1 aromatic heterocycles. The van der Waals surface area contributed by atoms with Gasteiger partial charge in [-0.05, 0) is 46.1 Å². The van der Waals surface area contributed by atoms with Crippen LogP contribution in [0.2, 0.25) is 0 Å². The molecule has 1 atom stereocenters. The van der Waals surface area contributed by atoms with Crippen molar-refractivity contribution in [3.05, 3.63) is 46.2 Å². The molecule has 1 aromatic carbocycles. The monoisotopic (exact) mass is 488 g/mol. The third-order valence-electron chi connectivity index (χ3n) is 4.76. The van der Waals surface area contributed by atoms with Crippen molar-refractivity contribution in [3.8, 4) is 0 Å². The smallest absolute Gasteiger partial charge is 0.414 e. The average Bonchev–Trinajstić information content (AvgIpc) is 3.19. The van der Waals surface area contributed by atoms with Gasteiger partial charge in [0, 0.05) is 5.56 Å². The molecule has 2 aliphatic heterocycles. The second-order valence-electron chi connectivity index (χ2n) is 6.73. The fraction of sp³-hybridized carbons (Fsp3) is 0.353. The summed E-state index contributed by atoms with van der Waals surface area (Å²) in [4.78, 5) is 13.4. The molecule has 2 aromatic rings. The van der Waals surface area contributed by atoms with Crippen molar-refractivity contribution in [2.75, 3.05) is 23.0 Å². The largest absolute Gasteiger partial charge is 0.442 e. The Morgan fingerprint density at radius 1 is 1.31 bits per heavy atom. The van der Waals surface area contributed by atoms with Crippen molar-refractivity contribution in [3.63, 3.8) is 0 Å². The van der Waals surface area contributed by atoms with Gasteiger partial charge in [-0.3, -0.25) is 4.90 Å². The Hall–Kier alpha value is -2.34. The number of allylic oxidation sites excluding steroid dienone is 1. The highest BCUT2D eigenvalue weighted by Gasteiger charge is 2.34. The van der Waals surface area contributed by atoms with Gasteiger partial charge >= 0.3 is 6.09 Å². The summed E-state index contributed by atoms with van der Waals surface area (Å²) in [6, 6.07) is 4.29. The molecular weight excluding hydrogens is 474 g/mol. The summed E-state index contributed by atoms with van der Waals surface area (Å²) in [5, 5.41) is 7.15. The molecule has 29 heavy (non-hydrogen) atoms. The van der Waals surface area contributed by atoms with Crippen LogP contribution in [0.3, 0.4) is 0 Å². The lowest BCUT2D eigenvalue weighted by Crippen LogP contribution is -2.26. The van der Waals surface area contributed by atoms with E-state index in [0.717, 1.165) is 4.68 Å². The van der Waals surface area contributed by atoms with E-state index in [-0.39, 0.29) is 35.6 Å². The molecule has 1 saturated heterocycles. The van der Waals surface area contributed by atoms with Crippen molar-refractivity contribution >= 4 is 43.1 Å². The van der Waals surface area contributed by atoms with E-state index in [1.807, 2.05) is 0 Å². The number of rotatable bonds is 4. The zero-order valence-electron chi connectivity index (χ0n) is 14.9. The zero-order valence-corrected chi connectivity index (χ0v) is 17.3. The summed E-state index contributed by atoms with van der Waals surface area (Å²) in [7, 11) is -3.11. The van der Waals surface area contributed by atoms with Crippen molar-refractivity contribution in [2.24, 2.45) is 0 Å². The lowest BCUT2D eigenvalue weighted by molar-refractivity contribution is 0.126. The van der Waals surface area contributed by atoms with E-state index >= 15 is 0 Å². The minimum absolute atomic E-state index is 0.0187. The summed E-state index contributed by atoms with van der Waals surface area (Å²) >= 11 is 2.91. The number of benzene rings is 1. The van der Waals surface area contributed by atoms with Crippen LogP contribution in [0.5, 0.6) is 0 Å². The molecule has 2 aliphatic rings. The summed E-state index contributed by atoms with van der Waals surface area (Å²) < 4.78 is 57.7. The first kappa shape index (κ1) is 20.0. The summed E-state index contributed by atoms with van der Waals surface area (Å²) in [5.41, 5.74) is 1.23. The van der Waals surface area contributed by atoms with Crippen molar-refractivity contribution in [1.82, 2.24) is 15.0 Å². The molecule has 0 N–H and O–H groups in total. The Bertz CT molecular complexity index is 1120. The first-order chi connectivity index (χ1) is 13.7. The van der Waals surface area contributed by atoms with E-state index in [4.69, 9.17) is 4.74 Å². The fourth-order valence-corrected chi connectivity index (χ4v) is 4.70. The van der Waals surface area contributed by atoms with Crippen LogP contribution in [-0.4, -0.2) is 53.7 Å². The number of ether oxygens (including phenoxy) is 1. The Labute approximate surface area is 173 Å². The Kier molecular flexibility index (Phi) is 5.15. The van der Waals surface area contributed by atoms with Crippen LogP contribution in [0.15, 0.2) is 28.9 Å². The van der Waals surface area contributed by atoms with Crippen molar-refractivity contribution in [1.29, 1.82) is 0 Å². The molecule has 154 valence electrons. The third kappa shape index (κ3) is 4.04. The highest BCUT2D eigenvalue weighted by Crippen LogP contribution is 2.30. The number of cyclic esters (lactones) is 1. The molecule has 0 spiro atoms. The van der Waals surface area contributed by atoms with Crippen LogP contribution in [0.4, 0.5) is 19.3 Å².